The van der Waals surface area contributed by atoms with Crippen LogP contribution in [0, 0.1) is 0 Å². The molecular weight excluding hydrogens is 231 g/mol. The fourth-order valence-corrected chi connectivity index (χ4v) is 1.55. The molecule has 0 amide bonds. The number of halogens is 3. The van der Waals surface area contributed by atoms with Gasteiger partial charge < -0.3 is 4.57 Å². The molecule has 6 heteroatoms. The van der Waals surface area contributed by atoms with Gasteiger partial charge in [-0.15, -0.1) is 0 Å². The number of imidazole rings is 1. The van der Waals surface area contributed by atoms with E-state index >= 15 is 0 Å². The lowest BCUT2D eigenvalue weighted by atomic mass is 10.2. The minimum atomic E-state index is -4.39. The van der Waals surface area contributed by atoms with Crippen LogP contribution in [0.3, 0.4) is 0 Å². The quantitative estimate of drug-likeness (QED) is 0.768. The molecule has 2 aromatic heterocycles. The number of rotatable bonds is 1. The van der Waals surface area contributed by atoms with Crippen LogP contribution in [0.2, 0.25) is 0 Å². The van der Waals surface area contributed by atoms with Crippen molar-refractivity contribution >= 4 is 17.2 Å². The number of allylic oxidation sites excluding steroid dienone is 1. The number of fused-ring (bicyclic) bond motifs is 1. The summed E-state index contributed by atoms with van der Waals surface area (Å²) in [4.78, 5) is 7.89. The van der Waals surface area contributed by atoms with Gasteiger partial charge >= 0.3 is 6.18 Å². The summed E-state index contributed by atoms with van der Waals surface area (Å²) in [5, 5.41) is 0. The minimum Gasteiger partial charge on any atom is -0.312 e. The predicted molar refractivity (Wildman–Crippen MR) is 58.2 cm³/mol. The highest BCUT2D eigenvalue weighted by Gasteiger charge is 2.31. The smallest absolute Gasteiger partial charge is 0.312 e. The summed E-state index contributed by atoms with van der Waals surface area (Å²) >= 11 is 0. The van der Waals surface area contributed by atoms with Gasteiger partial charge in [-0.1, -0.05) is 6.08 Å². The number of hydrogen-bond donors (Lipinski definition) is 0. The van der Waals surface area contributed by atoms with Crippen LogP contribution in [0.15, 0.2) is 18.3 Å². The average molecular weight is 241 g/mol. The van der Waals surface area contributed by atoms with E-state index in [1.165, 1.54) is 0 Å². The number of hydrogen-bond acceptors (Lipinski definition) is 2. The SMILES string of the molecule is C/C=C/c1nc2cc(C(F)(F)F)cnc2n1C. The molecule has 0 unspecified atom stereocenters. The highest BCUT2D eigenvalue weighted by Crippen LogP contribution is 2.30. The molecule has 0 atom stereocenters. The van der Waals surface area contributed by atoms with Gasteiger partial charge in [0, 0.05) is 13.2 Å². The summed E-state index contributed by atoms with van der Waals surface area (Å²) < 4.78 is 39.1. The van der Waals surface area contributed by atoms with E-state index in [4.69, 9.17) is 0 Å². The van der Waals surface area contributed by atoms with Crippen molar-refractivity contribution in [2.24, 2.45) is 7.05 Å². The Labute approximate surface area is 95.6 Å². The molecule has 0 spiro atoms. The Balaban J connectivity index is 2.63. The van der Waals surface area contributed by atoms with Crippen molar-refractivity contribution < 1.29 is 13.2 Å². The Morgan fingerprint density at radius 3 is 2.65 bits per heavy atom. The van der Waals surface area contributed by atoms with Crippen LogP contribution in [-0.4, -0.2) is 14.5 Å². The van der Waals surface area contributed by atoms with Gasteiger partial charge in [0.1, 0.15) is 11.3 Å². The lowest BCUT2D eigenvalue weighted by Gasteiger charge is -2.04. The van der Waals surface area contributed by atoms with Crippen LogP contribution < -0.4 is 0 Å². The second kappa shape index (κ2) is 3.87. The molecule has 90 valence electrons. The first-order valence-corrected chi connectivity index (χ1v) is 4.96. The molecule has 0 saturated heterocycles. The molecule has 0 aromatic carbocycles. The molecule has 2 aromatic rings. The maximum atomic E-state index is 12.5. The molecule has 3 nitrogen and oxygen atoms in total. The van der Waals surface area contributed by atoms with E-state index in [1.807, 2.05) is 6.92 Å². The molecular formula is C11H10F3N3. The van der Waals surface area contributed by atoms with Gasteiger partial charge in [-0.2, -0.15) is 13.2 Å². The molecule has 0 bridgehead atoms. The number of nitrogens with zero attached hydrogens (tertiary/aromatic N) is 3. The molecule has 0 N–H and O–H groups in total. The van der Waals surface area contributed by atoms with Crippen molar-refractivity contribution in [3.8, 4) is 0 Å². The fraction of sp³-hybridized carbons (Fsp3) is 0.273. The Hall–Kier alpha value is -1.85. The normalized spacial score (nSPS) is 12.8. The van der Waals surface area contributed by atoms with Crippen molar-refractivity contribution in [1.82, 2.24) is 14.5 Å². The van der Waals surface area contributed by atoms with Gasteiger partial charge in [-0.25, -0.2) is 9.97 Å². The summed E-state index contributed by atoms with van der Waals surface area (Å²) in [5.41, 5.74) is -0.100. The third-order valence-electron chi connectivity index (χ3n) is 2.39. The molecule has 17 heavy (non-hydrogen) atoms. The van der Waals surface area contributed by atoms with Crippen LogP contribution in [-0.2, 0) is 13.2 Å². The van der Waals surface area contributed by atoms with Crippen molar-refractivity contribution in [1.29, 1.82) is 0 Å². The Morgan fingerprint density at radius 2 is 2.06 bits per heavy atom. The Kier molecular flexibility index (Phi) is 2.65. The highest BCUT2D eigenvalue weighted by molar-refractivity contribution is 5.74. The van der Waals surface area contributed by atoms with Gasteiger partial charge in [0.2, 0.25) is 0 Å². The molecule has 2 heterocycles. The van der Waals surface area contributed by atoms with E-state index in [2.05, 4.69) is 9.97 Å². The van der Waals surface area contributed by atoms with Crippen LogP contribution in [0.25, 0.3) is 17.2 Å². The topological polar surface area (TPSA) is 30.7 Å². The van der Waals surface area contributed by atoms with Gasteiger partial charge in [0.15, 0.2) is 5.65 Å². The first-order chi connectivity index (χ1) is 7.93. The number of alkyl halides is 3. The fourth-order valence-electron chi connectivity index (χ4n) is 1.55. The van der Waals surface area contributed by atoms with E-state index in [9.17, 15) is 13.2 Å². The summed E-state index contributed by atoms with van der Waals surface area (Å²) in [6, 6.07) is 1.01. The zero-order valence-electron chi connectivity index (χ0n) is 9.28. The van der Waals surface area contributed by atoms with E-state index < -0.39 is 11.7 Å². The largest absolute Gasteiger partial charge is 0.417 e. The molecule has 0 aliphatic rings. The van der Waals surface area contributed by atoms with Crippen LogP contribution in [0.1, 0.15) is 18.3 Å². The van der Waals surface area contributed by atoms with E-state index in [0.29, 0.717) is 11.5 Å². The molecule has 0 aliphatic carbocycles. The zero-order chi connectivity index (χ0) is 12.6. The summed E-state index contributed by atoms with van der Waals surface area (Å²) in [7, 11) is 1.71. The third kappa shape index (κ3) is 2.02. The lowest BCUT2D eigenvalue weighted by molar-refractivity contribution is -0.137. The highest BCUT2D eigenvalue weighted by atomic mass is 19.4. The van der Waals surface area contributed by atoms with Gasteiger partial charge in [-0.05, 0) is 19.1 Å². The van der Waals surface area contributed by atoms with E-state index in [1.54, 1.807) is 23.8 Å². The van der Waals surface area contributed by atoms with Crippen LogP contribution in [0.5, 0.6) is 0 Å². The van der Waals surface area contributed by atoms with Crippen LogP contribution >= 0.6 is 0 Å². The third-order valence-corrected chi connectivity index (χ3v) is 2.39. The second-order valence-corrected chi connectivity index (χ2v) is 3.59. The average Bonchev–Trinajstić information content (AvgIpc) is 2.55. The number of aryl methyl sites for hydroxylation is 1. The minimum absolute atomic E-state index is 0.246. The standard InChI is InChI=1S/C11H10F3N3/c1-3-4-9-16-8-5-7(11(12,13)14)6-15-10(8)17(9)2/h3-6H,1-2H3/b4-3+. The Bertz CT molecular complexity index is 581. The molecule has 0 fully saturated rings. The number of aromatic nitrogens is 3. The molecule has 2 rings (SSSR count). The summed E-state index contributed by atoms with van der Waals surface area (Å²) in [5.74, 6) is 0.578. The predicted octanol–water partition coefficient (Wildman–Crippen LogP) is 3.02. The molecule has 0 saturated carbocycles. The van der Waals surface area contributed by atoms with Gasteiger partial charge in [0.05, 0.1) is 5.56 Å². The van der Waals surface area contributed by atoms with Gasteiger partial charge in [0.25, 0.3) is 0 Å². The van der Waals surface area contributed by atoms with Crippen molar-refractivity contribution in [3.63, 3.8) is 0 Å². The Morgan fingerprint density at radius 1 is 1.35 bits per heavy atom. The zero-order valence-corrected chi connectivity index (χ0v) is 9.28. The van der Waals surface area contributed by atoms with E-state index in [0.717, 1.165) is 12.3 Å². The van der Waals surface area contributed by atoms with Gasteiger partial charge in [-0.3, -0.25) is 0 Å². The van der Waals surface area contributed by atoms with E-state index in [-0.39, 0.29) is 5.52 Å². The molecule has 0 radical (unpaired) electrons. The second-order valence-electron chi connectivity index (χ2n) is 3.59. The summed E-state index contributed by atoms with van der Waals surface area (Å²) in [6.45, 7) is 1.81. The lowest BCUT2D eigenvalue weighted by Crippen LogP contribution is -2.05. The van der Waals surface area contributed by atoms with Crippen molar-refractivity contribution in [3.05, 3.63) is 29.7 Å². The first-order valence-electron chi connectivity index (χ1n) is 4.96. The first kappa shape index (κ1) is 11.6. The summed E-state index contributed by atoms with van der Waals surface area (Å²) in [6.07, 6.45) is -0.0796. The maximum Gasteiger partial charge on any atom is 0.417 e. The number of pyridine rings is 1. The van der Waals surface area contributed by atoms with Crippen molar-refractivity contribution in [2.75, 3.05) is 0 Å². The maximum absolute atomic E-state index is 12.5. The molecule has 0 aliphatic heterocycles. The monoisotopic (exact) mass is 241 g/mol. The van der Waals surface area contributed by atoms with Crippen molar-refractivity contribution in [2.45, 2.75) is 13.1 Å². The van der Waals surface area contributed by atoms with Crippen LogP contribution in [0.4, 0.5) is 13.2 Å².